The lowest BCUT2D eigenvalue weighted by molar-refractivity contribution is 0.145. The molecule has 1 N–H and O–H groups in total. The molecule has 7 heteroatoms. The fourth-order valence-corrected chi connectivity index (χ4v) is 4.54. The van der Waals surface area contributed by atoms with E-state index in [2.05, 4.69) is 58.3 Å². The number of benzene rings is 2. The number of hydrogen-bond acceptors (Lipinski definition) is 7. The molecule has 7 nitrogen and oxygen atoms in total. The number of anilines is 1. The van der Waals surface area contributed by atoms with E-state index in [9.17, 15) is 0 Å². The topological polar surface area (TPSA) is 62.8 Å². The number of ether oxygens (including phenoxy) is 2. The Bertz CT molecular complexity index is 1070. The summed E-state index contributed by atoms with van der Waals surface area (Å²) in [6.45, 7) is 8.47. The SMILES string of the molecule is CCCC(Nc1cncc(-c2ccc(OCCCN3CCN(C)CC3)c(OC)c2)n1)c1ccccc1. The molecule has 2 heterocycles. The smallest absolute Gasteiger partial charge is 0.161 e. The Morgan fingerprint density at radius 1 is 1.00 bits per heavy atom. The minimum Gasteiger partial charge on any atom is -0.493 e. The van der Waals surface area contributed by atoms with Crippen molar-refractivity contribution in [1.29, 1.82) is 0 Å². The number of nitrogens with one attached hydrogen (secondary N) is 1. The lowest BCUT2D eigenvalue weighted by Gasteiger charge is -2.32. The summed E-state index contributed by atoms with van der Waals surface area (Å²) < 4.78 is 11.7. The number of methoxy groups -OCH3 is 1. The summed E-state index contributed by atoms with van der Waals surface area (Å²) in [5.74, 6) is 2.23. The van der Waals surface area contributed by atoms with Crippen LogP contribution in [-0.2, 0) is 0 Å². The van der Waals surface area contributed by atoms with E-state index in [4.69, 9.17) is 14.5 Å². The van der Waals surface area contributed by atoms with Gasteiger partial charge in [0, 0.05) is 38.3 Å². The van der Waals surface area contributed by atoms with Gasteiger partial charge >= 0.3 is 0 Å². The highest BCUT2D eigenvalue weighted by Crippen LogP contribution is 2.32. The second kappa shape index (κ2) is 13.2. The van der Waals surface area contributed by atoms with Gasteiger partial charge in [-0.05, 0) is 43.7 Å². The van der Waals surface area contributed by atoms with E-state index in [1.54, 1.807) is 19.5 Å². The Morgan fingerprint density at radius 3 is 2.56 bits per heavy atom. The molecule has 1 aliphatic rings. The number of likely N-dealkylation sites (N-methyl/N-ethyl adjacent to an activating group) is 1. The van der Waals surface area contributed by atoms with Gasteiger partial charge in [0.1, 0.15) is 5.82 Å². The van der Waals surface area contributed by atoms with E-state index in [1.807, 2.05) is 24.3 Å². The van der Waals surface area contributed by atoms with E-state index in [0.717, 1.165) is 74.8 Å². The summed E-state index contributed by atoms with van der Waals surface area (Å²) in [6.07, 6.45) is 6.66. The number of rotatable bonds is 12. The minimum atomic E-state index is 0.192. The molecule has 1 atom stereocenters. The molecule has 1 aromatic heterocycles. The van der Waals surface area contributed by atoms with E-state index in [0.29, 0.717) is 12.4 Å². The summed E-state index contributed by atoms with van der Waals surface area (Å²) in [7, 11) is 3.86. The van der Waals surface area contributed by atoms with Crippen molar-refractivity contribution in [3.05, 3.63) is 66.5 Å². The predicted octanol–water partition coefficient (Wildman–Crippen LogP) is 5.12. The van der Waals surface area contributed by atoms with Crippen LogP contribution in [0.5, 0.6) is 11.5 Å². The van der Waals surface area contributed by atoms with Crippen molar-refractivity contribution >= 4 is 5.82 Å². The van der Waals surface area contributed by atoms with Gasteiger partial charge in [-0.1, -0.05) is 43.7 Å². The molecular formula is C29H39N5O2. The van der Waals surface area contributed by atoms with Crippen LogP contribution in [-0.4, -0.2) is 73.3 Å². The summed E-state index contributed by atoms with van der Waals surface area (Å²) in [6, 6.07) is 16.7. The zero-order valence-corrected chi connectivity index (χ0v) is 21.8. The first-order valence-corrected chi connectivity index (χ1v) is 13.0. The Labute approximate surface area is 215 Å². The van der Waals surface area contributed by atoms with Crippen molar-refractivity contribution < 1.29 is 9.47 Å². The fourth-order valence-electron chi connectivity index (χ4n) is 4.54. The van der Waals surface area contributed by atoms with Gasteiger partial charge < -0.3 is 24.6 Å². The van der Waals surface area contributed by atoms with Crippen molar-refractivity contribution in [1.82, 2.24) is 19.8 Å². The lowest BCUT2D eigenvalue weighted by atomic mass is 10.0. The lowest BCUT2D eigenvalue weighted by Crippen LogP contribution is -2.44. The van der Waals surface area contributed by atoms with Crippen molar-refractivity contribution in [3.8, 4) is 22.8 Å². The van der Waals surface area contributed by atoms with Gasteiger partial charge in [0.15, 0.2) is 11.5 Å². The van der Waals surface area contributed by atoms with Gasteiger partial charge in [-0.2, -0.15) is 0 Å². The van der Waals surface area contributed by atoms with Crippen LogP contribution >= 0.6 is 0 Å². The second-order valence-corrected chi connectivity index (χ2v) is 9.40. The molecule has 192 valence electrons. The van der Waals surface area contributed by atoms with Gasteiger partial charge in [-0.15, -0.1) is 0 Å². The van der Waals surface area contributed by atoms with Gasteiger partial charge in [-0.3, -0.25) is 4.98 Å². The van der Waals surface area contributed by atoms with E-state index in [-0.39, 0.29) is 6.04 Å². The summed E-state index contributed by atoms with van der Waals surface area (Å²) in [5.41, 5.74) is 2.99. The van der Waals surface area contributed by atoms with Crippen molar-refractivity contribution in [2.24, 2.45) is 0 Å². The minimum absolute atomic E-state index is 0.192. The summed E-state index contributed by atoms with van der Waals surface area (Å²) in [5, 5.41) is 3.57. The molecule has 36 heavy (non-hydrogen) atoms. The third kappa shape index (κ3) is 7.18. The molecule has 1 saturated heterocycles. The molecular weight excluding hydrogens is 450 g/mol. The van der Waals surface area contributed by atoms with Gasteiger partial charge in [0.05, 0.1) is 37.8 Å². The normalized spacial score (nSPS) is 15.4. The van der Waals surface area contributed by atoms with Crippen LogP contribution in [0.1, 0.15) is 37.8 Å². The van der Waals surface area contributed by atoms with E-state index in [1.165, 1.54) is 5.56 Å². The van der Waals surface area contributed by atoms with Crippen molar-refractivity contribution in [2.75, 3.05) is 58.8 Å². The highest BCUT2D eigenvalue weighted by Gasteiger charge is 2.15. The average Bonchev–Trinajstić information content (AvgIpc) is 2.92. The Kier molecular flexibility index (Phi) is 9.53. The molecule has 0 aliphatic carbocycles. The number of nitrogens with zero attached hydrogens (tertiary/aromatic N) is 4. The van der Waals surface area contributed by atoms with E-state index < -0.39 is 0 Å². The van der Waals surface area contributed by atoms with Crippen LogP contribution in [0.15, 0.2) is 60.9 Å². The third-order valence-electron chi connectivity index (χ3n) is 6.67. The van der Waals surface area contributed by atoms with E-state index >= 15 is 0 Å². The maximum absolute atomic E-state index is 6.07. The largest absolute Gasteiger partial charge is 0.493 e. The Hall–Kier alpha value is -3.16. The zero-order chi connectivity index (χ0) is 25.2. The number of hydrogen-bond donors (Lipinski definition) is 1. The van der Waals surface area contributed by atoms with Crippen LogP contribution in [0.3, 0.4) is 0 Å². The van der Waals surface area contributed by atoms with Crippen LogP contribution in [0.2, 0.25) is 0 Å². The summed E-state index contributed by atoms with van der Waals surface area (Å²) in [4.78, 5) is 14.2. The molecule has 2 aromatic carbocycles. The standard InChI is InChI=1S/C29H39N5O2/c1-4-9-25(23-10-6-5-7-11-23)31-29-22-30-21-26(32-29)24-12-13-27(28(20-24)35-3)36-19-8-14-34-17-15-33(2)16-18-34/h5-7,10-13,20-22,25H,4,8-9,14-19H2,1-3H3,(H,31,32). The number of aromatic nitrogens is 2. The van der Waals surface area contributed by atoms with Gasteiger partial charge in [0.25, 0.3) is 0 Å². The van der Waals surface area contributed by atoms with Crippen LogP contribution in [0.25, 0.3) is 11.3 Å². The quantitative estimate of drug-likeness (QED) is 0.354. The first-order valence-electron chi connectivity index (χ1n) is 13.0. The van der Waals surface area contributed by atoms with Gasteiger partial charge in [0.2, 0.25) is 0 Å². The third-order valence-corrected chi connectivity index (χ3v) is 6.67. The first kappa shape index (κ1) is 25.9. The monoisotopic (exact) mass is 489 g/mol. The molecule has 1 unspecified atom stereocenters. The zero-order valence-electron chi connectivity index (χ0n) is 21.8. The Balaban J connectivity index is 1.38. The second-order valence-electron chi connectivity index (χ2n) is 9.40. The molecule has 0 bridgehead atoms. The van der Waals surface area contributed by atoms with Crippen LogP contribution in [0, 0.1) is 0 Å². The molecule has 0 radical (unpaired) electrons. The number of piperazine rings is 1. The fraction of sp³-hybridized carbons (Fsp3) is 0.448. The van der Waals surface area contributed by atoms with Crippen molar-refractivity contribution in [3.63, 3.8) is 0 Å². The maximum Gasteiger partial charge on any atom is 0.161 e. The molecule has 0 amide bonds. The highest BCUT2D eigenvalue weighted by molar-refractivity contribution is 5.64. The van der Waals surface area contributed by atoms with Gasteiger partial charge in [-0.25, -0.2) is 4.98 Å². The van der Waals surface area contributed by atoms with Crippen molar-refractivity contribution in [2.45, 2.75) is 32.2 Å². The molecule has 1 aliphatic heterocycles. The first-order chi connectivity index (χ1) is 17.7. The predicted molar refractivity (Wildman–Crippen MR) is 146 cm³/mol. The average molecular weight is 490 g/mol. The molecule has 4 rings (SSSR count). The highest BCUT2D eigenvalue weighted by atomic mass is 16.5. The molecule has 3 aromatic rings. The summed E-state index contributed by atoms with van der Waals surface area (Å²) >= 11 is 0. The maximum atomic E-state index is 6.07. The molecule has 1 fully saturated rings. The molecule has 0 saturated carbocycles. The van der Waals surface area contributed by atoms with Crippen LogP contribution < -0.4 is 14.8 Å². The van der Waals surface area contributed by atoms with Crippen LogP contribution in [0.4, 0.5) is 5.82 Å². The molecule has 0 spiro atoms. The Morgan fingerprint density at radius 2 is 1.81 bits per heavy atom.